The van der Waals surface area contributed by atoms with E-state index in [9.17, 15) is 4.79 Å². The van der Waals surface area contributed by atoms with Crippen LogP contribution < -0.4 is 0 Å². The van der Waals surface area contributed by atoms with Gasteiger partial charge in [0.2, 0.25) is 0 Å². The Morgan fingerprint density at radius 3 is 2.15 bits per heavy atom. The third-order valence-electron chi connectivity index (χ3n) is 5.48. The predicted molar refractivity (Wildman–Crippen MR) is 76.9 cm³/mol. The molecule has 0 amide bonds. The molecule has 0 aliphatic heterocycles. The molecule has 0 unspecified atom stereocenters. The lowest BCUT2D eigenvalue weighted by Gasteiger charge is -2.55. The van der Waals surface area contributed by atoms with E-state index in [4.69, 9.17) is 9.47 Å². The molecule has 0 saturated heterocycles. The first-order chi connectivity index (χ1) is 9.72. The van der Waals surface area contributed by atoms with Crippen molar-refractivity contribution >= 4 is 5.97 Å². The molecule has 0 heterocycles. The van der Waals surface area contributed by atoms with Crippen molar-refractivity contribution in [2.24, 2.45) is 23.2 Å². The molecule has 0 spiro atoms. The number of ether oxygens (including phenoxy) is 2. The highest BCUT2D eigenvalue weighted by molar-refractivity contribution is 5.77. The van der Waals surface area contributed by atoms with Crippen LogP contribution in [0.3, 0.4) is 0 Å². The number of carbonyl (C=O) groups is 1. The summed E-state index contributed by atoms with van der Waals surface area (Å²) in [5, 5.41) is 0. The molecular weight excluding hydrogens is 252 g/mol. The molecule has 0 N–H and O–H groups in total. The maximum absolute atomic E-state index is 12.5. The largest absolute Gasteiger partial charge is 0.502 e. The van der Waals surface area contributed by atoms with Gasteiger partial charge in [0.25, 0.3) is 0 Å². The molecule has 4 bridgehead atoms. The second-order valence-electron chi connectivity index (χ2n) is 7.08. The van der Waals surface area contributed by atoms with Crippen LogP contribution in [0, 0.1) is 23.2 Å². The van der Waals surface area contributed by atoms with Crippen molar-refractivity contribution in [3.63, 3.8) is 0 Å². The Kier molecular flexibility index (Phi) is 4.04. The van der Waals surface area contributed by atoms with E-state index in [1.165, 1.54) is 25.5 Å². The first-order valence-electron chi connectivity index (χ1n) is 8.11. The molecule has 112 valence electrons. The van der Waals surface area contributed by atoms with E-state index in [-0.39, 0.29) is 11.4 Å². The van der Waals surface area contributed by atoms with Crippen molar-refractivity contribution in [1.82, 2.24) is 0 Å². The van der Waals surface area contributed by atoms with E-state index >= 15 is 0 Å². The van der Waals surface area contributed by atoms with Gasteiger partial charge in [0, 0.05) is 0 Å². The van der Waals surface area contributed by atoms with Gasteiger partial charge in [-0.25, -0.2) is 0 Å². The minimum absolute atomic E-state index is 0.0984. The topological polar surface area (TPSA) is 35.5 Å². The summed E-state index contributed by atoms with van der Waals surface area (Å²) in [5.41, 5.74) is -0.105. The number of rotatable bonds is 7. The van der Waals surface area contributed by atoms with Crippen LogP contribution in [0.5, 0.6) is 0 Å². The van der Waals surface area contributed by atoms with Gasteiger partial charge in [-0.15, -0.1) is 0 Å². The van der Waals surface area contributed by atoms with E-state index in [0.717, 1.165) is 49.9 Å². The van der Waals surface area contributed by atoms with Crippen LogP contribution in [0.15, 0.2) is 12.8 Å². The lowest BCUT2D eigenvalue weighted by molar-refractivity contribution is -0.171. The average molecular weight is 278 g/mol. The zero-order chi connectivity index (χ0) is 14.0. The van der Waals surface area contributed by atoms with Crippen LogP contribution in [0.2, 0.25) is 0 Å². The lowest BCUT2D eigenvalue weighted by atomic mass is 9.49. The summed E-state index contributed by atoms with van der Waals surface area (Å²) < 4.78 is 10.7. The zero-order valence-electron chi connectivity index (χ0n) is 12.3. The van der Waals surface area contributed by atoms with E-state index in [1.807, 2.05) is 0 Å². The van der Waals surface area contributed by atoms with E-state index < -0.39 is 0 Å². The smallest absolute Gasteiger partial charge is 0.312 e. The molecule has 4 aliphatic rings. The van der Waals surface area contributed by atoms with Gasteiger partial charge in [-0.2, -0.15) is 0 Å². The first-order valence-corrected chi connectivity index (χ1v) is 8.11. The van der Waals surface area contributed by atoms with Gasteiger partial charge in [-0.05, 0) is 69.1 Å². The first kappa shape index (κ1) is 14.0. The van der Waals surface area contributed by atoms with E-state index in [1.54, 1.807) is 0 Å². The van der Waals surface area contributed by atoms with Gasteiger partial charge in [-0.3, -0.25) is 4.79 Å². The van der Waals surface area contributed by atoms with Crippen LogP contribution in [-0.2, 0) is 14.3 Å². The van der Waals surface area contributed by atoms with Gasteiger partial charge in [0.05, 0.1) is 24.9 Å². The monoisotopic (exact) mass is 278 g/mol. The van der Waals surface area contributed by atoms with Gasteiger partial charge in [0.1, 0.15) is 0 Å². The van der Waals surface area contributed by atoms with Crippen LogP contribution in [0.4, 0.5) is 0 Å². The molecule has 0 aromatic carbocycles. The predicted octanol–water partition coefficient (Wildman–Crippen LogP) is 3.69. The molecule has 0 radical (unpaired) electrons. The van der Waals surface area contributed by atoms with Crippen molar-refractivity contribution in [3.05, 3.63) is 12.8 Å². The van der Waals surface area contributed by atoms with Crippen molar-refractivity contribution < 1.29 is 14.3 Å². The Hall–Kier alpha value is -0.990. The fourth-order valence-electron chi connectivity index (χ4n) is 5.05. The molecule has 3 heteroatoms. The van der Waals surface area contributed by atoms with Crippen molar-refractivity contribution in [2.75, 3.05) is 13.2 Å². The Morgan fingerprint density at radius 1 is 1.05 bits per heavy atom. The Balaban J connectivity index is 1.46. The summed E-state index contributed by atoms with van der Waals surface area (Å²) in [5.74, 6) is 2.50. The van der Waals surface area contributed by atoms with Gasteiger partial charge >= 0.3 is 5.97 Å². The molecule has 0 aromatic rings. The quantitative estimate of drug-likeness (QED) is 0.405. The number of hydrogen-bond donors (Lipinski definition) is 0. The second-order valence-corrected chi connectivity index (χ2v) is 7.08. The fraction of sp³-hybridized carbons (Fsp3) is 0.824. The van der Waals surface area contributed by atoms with Crippen LogP contribution in [0.25, 0.3) is 0 Å². The lowest BCUT2D eigenvalue weighted by Crippen LogP contribution is -2.50. The molecular formula is C17H26O3. The Morgan fingerprint density at radius 2 is 1.60 bits per heavy atom. The SMILES string of the molecule is C=COCCCCOC(=O)C12CC3CC(CC(C3)C1)C2. The minimum Gasteiger partial charge on any atom is -0.502 e. The molecule has 0 atom stereocenters. The third kappa shape index (κ3) is 2.72. The van der Waals surface area contributed by atoms with Gasteiger partial charge in [0.15, 0.2) is 0 Å². The zero-order valence-corrected chi connectivity index (χ0v) is 12.3. The standard InChI is InChI=1S/C17H26O3/c1-2-19-5-3-4-6-20-16(18)17-10-13-7-14(11-17)9-15(8-13)12-17/h2,13-15H,1,3-12H2. The summed E-state index contributed by atoms with van der Waals surface area (Å²) in [6, 6.07) is 0. The summed E-state index contributed by atoms with van der Waals surface area (Å²) >= 11 is 0. The highest BCUT2D eigenvalue weighted by atomic mass is 16.5. The fourth-order valence-corrected chi connectivity index (χ4v) is 5.05. The average Bonchev–Trinajstić information content (AvgIpc) is 2.41. The normalized spacial score (nSPS) is 37.7. The summed E-state index contributed by atoms with van der Waals surface area (Å²) in [6.45, 7) is 4.71. The number of hydrogen-bond acceptors (Lipinski definition) is 3. The van der Waals surface area contributed by atoms with Crippen LogP contribution in [-0.4, -0.2) is 19.2 Å². The van der Waals surface area contributed by atoms with Gasteiger partial charge < -0.3 is 9.47 Å². The van der Waals surface area contributed by atoms with Crippen molar-refractivity contribution in [2.45, 2.75) is 51.4 Å². The second kappa shape index (κ2) is 5.79. The van der Waals surface area contributed by atoms with Crippen molar-refractivity contribution in [1.29, 1.82) is 0 Å². The molecule has 4 saturated carbocycles. The Bertz CT molecular complexity index is 339. The van der Waals surface area contributed by atoms with Crippen molar-refractivity contribution in [3.8, 4) is 0 Å². The van der Waals surface area contributed by atoms with Crippen LogP contribution in [0.1, 0.15) is 51.4 Å². The number of carbonyl (C=O) groups excluding carboxylic acids is 1. The Labute approximate surface area is 121 Å². The summed E-state index contributed by atoms with van der Waals surface area (Å²) in [6.07, 6.45) is 10.6. The molecule has 4 fully saturated rings. The molecule has 4 rings (SSSR count). The van der Waals surface area contributed by atoms with Crippen LogP contribution >= 0.6 is 0 Å². The number of esters is 1. The maximum Gasteiger partial charge on any atom is 0.312 e. The summed E-state index contributed by atoms with van der Waals surface area (Å²) in [7, 11) is 0. The molecule has 3 nitrogen and oxygen atoms in total. The molecule has 0 aromatic heterocycles. The van der Waals surface area contributed by atoms with E-state index in [0.29, 0.717) is 13.2 Å². The summed E-state index contributed by atoms with van der Waals surface area (Å²) in [4.78, 5) is 12.5. The third-order valence-corrected chi connectivity index (χ3v) is 5.48. The minimum atomic E-state index is -0.105. The molecule has 20 heavy (non-hydrogen) atoms. The number of unbranched alkanes of at least 4 members (excludes halogenated alkanes) is 1. The van der Waals surface area contributed by atoms with E-state index in [2.05, 4.69) is 6.58 Å². The molecule has 4 aliphatic carbocycles. The maximum atomic E-state index is 12.5. The highest BCUT2D eigenvalue weighted by Gasteiger charge is 2.55. The highest BCUT2D eigenvalue weighted by Crippen LogP contribution is 2.60. The van der Waals surface area contributed by atoms with Gasteiger partial charge in [-0.1, -0.05) is 6.58 Å².